The SMILES string of the molecule is CCN(CCOC)c1cnc(C(C)C)nc1CN. The molecule has 0 spiro atoms. The Labute approximate surface area is 109 Å². The summed E-state index contributed by atoms with van der Waals surface area (Å²) in [6.45, 7) is 9.10. The van der Waals surface area contributed by atoms with Crippen molar-refractivity contribution >= 4 is 5.69 Å². The molecule has 0 amide bonds. The van der Waals surface area contributed by atoms with Gasteiger partial charge in [-0.2, -0.15) is 0 Å². The van der Waals surface area contributed by atoms with Crippen molar-refractivity contribution in [1.29, 1.82) is 0 Å². The summed E-state index contributed by atoms with van der Waals surface area (Å²) < 4.78 is 5.12. The Morgan fingerprint density at radius 1 is 1.44 bits per heavy atom. The van der Waals surface area contributed by atoms with E-state index in [1.54, 1.807) is 7.11 Å². The van der Waals surface area contributed by atoms with E-state index in [4.69, 9.17) is 10.5 Å². The second-order valence-corrected chi connectivity index (χ2v) is 4.49. The highest BCUT2D eigenvalue weighted by atomic mass is 16.5. The van der Waals surface area contributed by atoms with Crippen molar-refractivity contribution in [3.05, 3.63) is 17.7 Å². The molecule has 0 aliphatic heterocycles. The van der Waals surface area contributed by atoms with E-state index in [0.29, 0.717) is 19.1 Å². The van der Waals surface area contributed by atoms with Gasteiger partial charge in [0.15, 0.2) is 0 Å². The summed E-state index contributed by atoms with van der Waals surface area (Å²) in [6, 6.07) is 0. The Balaban J connectivity index is 2.98. The molecular weight excluding hydrogens is 228 g/mol. The lowest BCUT2D eigenvalue weighted by Gasteiger charge is -2.24. The molecule has 1 rings (SSSR count). The van der Waals surface area contributed by atoms with Crippen molar-refractivity contribution < 1.29 is 4.74 Å². The van der Waals surface area contributed by atoms with Crippen LogP contribution in [0.5, 0.6) is 0 Å². The van der Waals surface area contributed by atoms with E-state index in [-0.39, 0.29) is 0 Å². The minimum Gasteiger partial charge on any atom is -0.383 e. The molecule has 0 saturated heterocycles. The lowest BCUT2D eigenvalue weighted by Crippen LogP contribution is -2.29. The first kappa shape index (κ1) is 14.9. The molecule has 1 aromatic heterocycles. The number of nitrogens with two attached hydrogens (primary N) is 1. The number of ether oxygens (including phenoxy) is 1. The molecule has 0 saturated carbocycles. The first-order valence-corrected chi connectivity index (χ1v) is 6.43. The number of likely N-dealkylation sites (N-methyl/N-ethyl adjacent to an activating group) is 1. The number of hydrogen-bond acceptors (Lipinski definition) is 5. The Kier molecular flexibility index (Phi) is 6.01. The van der Waals surface area contributed by atoms with Crippen molar-refractivity contribution in [3.63, 3.8) is 0 Å². The number of methoxy groups -OCH3 is 1. The molecule has 0 bridgehead atoms. The second-order valence-electron chi connectivity index (χ2n) is 4.49. The van der Waals surface area contributed by atoms with Gasteiger partial charge < -0.3 is 15.4 Å². The molecule has 0 aromatic carbocycles. The van der Waals surface area contributed by atoms with Crippen molar-refractivity contribution in [2.24, 2.45) is 5.73 Å². The first-order valence-electron chi connectivity index (χ1n) is 6.43. The van der Waals surface area contributed by atoms with Crippen LogP contribution in [0.1, 0.15) is 38.2 Å². The minimum absolute atomic E-state index is 0.318. The zero-order valence-corrected chi connectivity index (χ0v) is 11.8. The van der Waals surface area contributed by atoms with Crippen LogP contribution in [0.25, 0.3) is 0 Å². The third-order valence-corrected chi connectivity index (χ3v) is 2.86. The van der Waals surface area contributed by atoms with Crippen LogP contribution in [0.15, 0.2) is 6.20 Å². The third-order valence-electron chi connectivity index (χ3n) is 2.86. The Morgan fingerprint density at radius 3 is 2.67 bits per heavy atom. The van der Waals surface area contributed by atoms with Gasteiger partial charge in [0.2, 0.25) is 0 Å². The smallest absolute Gasteiger partial charge is 0.131 e. The normalized spacial score (nSPS) is 11.0. The predicted octanol–water partition coefficient (Wildman–Crippen LogP) is 1.53. The van der Waals surface area contributed by atoms with Gasteiger partial charge in [-0.25, -0.2) is 9.97 Å². The van der Waals surface area contributed by atoms with Gasteiger partial charge in [-0.15, -0.1) is 0 Å². The fourth-order valence-corrected chi connectivity index (χ4v) is 1.77. The maximum atomic E-state index is 5.79. The van der Waals surface area contributed by atoms with Gasteiger partial charge in [-0.1, -0.05) is 13.8 Å². The summed E-state index contributed by atoms with van der Waals surface area (Å²) >= 11 is 0. The van der Waals surface area contributed by atoms with Gasteiger partial charge in [-0.3, -0.25) is 0 Å². The number of aromatic nitrogens is 2. The summed E-state index contributed by atoms with van der Waals surface area (Å²) in [5.41, 5.74) is 7.72. The van der Waals surface area contributed by atoms with E-state index in [1.165, 1.54) is 0 Å². The molecule has 0 radical (unpaired) electrons. The molecule has 0 atom stereocenters. The molecule has 0 unspecified atom stereocenters. The van der Waals surface area contributed by atoms with Crippen molar-refractivity contribution in [3.8, 4) is 0 Å². The Morgan fingerprint density at radius 2 is 2.17 bits per heavy atom. The van der Waals surface area contributed by atoms with Gasteiger partial charge in [0.1, 0.15) is 5.82 Å². The highest BCUT2D eigenvalue weighted by Gasteiger charge is 2.13. The molecule has 102 valence electrons. The monoisotopic (exact) mass is 252 g/mol. The first-order chi connectivity index (χ1) is 8.63. The molecule has 0 aliphatic carbocycles. The summed E-state index contributed by atoms with van der Waals surface area (Å²) in [6.07, 6.45) is 1.88. The minimum atomic E-state index is 0.318. The Hall–Kier alpha value is -1.20. The maximum Gasteiger partial charge on any atom is 0.131 e. The van der Waals surface area contributed by atoms with Crippen molar-refractivity contribution in [1.82, 2.24) is 9.97 Å². The van der Waals surface area contributed by atoms with E-state index < -0.39 is 0 Å². The standard InChI is InChI=1S/C13H24N4O/c1-5-17(6-7-18-4)12-9-15-13(10(2)3)16-11(12)8-14/h9-10H,5-8,14H2,1-4H3. The maximum absolute atomic E-state index is 5.79. The number of anilines is 1. The summed E-state index contributed by atoms with van der Waals surface area (Å²) in [7, 11) is 1.70. The zero-order valence-electron chi connectivity index (χ0n) is 11.8. The van der Waals surface area contributed by atoms with Gasteiger partial charge in [-0.05, 0) is 6.92 Å². The van der Waals surface area contributed by atoms with Crippen LogP contribution in [-0.4, -0.2) is 36.8 Å². The van der Waals surface area contributed by atoms with Gasteiger partial charge in [0.05, 0.1) is 24.2 Å². The van der Waals surface area contributed by atoms with Gasteiger partial charge in [0.25, 0.3) is 0 Å². The van der Waals surface area contributed by atoms with Gasteiger partial charge >= 0.3 is 0 Å². The number of rotatable bonds is 7. The fraction of sp³-hybridized carbons (Fsp3) is 0.692. The molecule has 0 fully saturated rings. The highest BCUT2D eigenvalue weighted by molar-refractivity contribution is 5.49. The molecule has 0 aliphatic rings. The van der Waals surface area contributed by atoms with Crippen LogP contribution in [0.4, 0.5) is 5.69 Å². The molecule has 2 N–H and O–H groups in total. The van der Waals surface area contributed by atoms with E-state index >= 15 is 0 Å². The number of nitrogens with zero attached hydrogens (tertiary/aromatic N) is 3. The van der Waals surface area contributed by atoms with Crippen LogP contribution in [0.2, 0.25) is 0 Å². The summed E-state index contributed by atoms with van der Waals surface area (Å²) in [4.78, 5) is 11.2. The van der Waals surface area contributed by atoms with Gasteiger partial charge in [0, 0.05) is 32.7 Å². The van der Waals surface area contributed by atoms with Crippen LogP contribution < -0.4 is 10.6 Å². The zero-order chi connectivity index (χ0) is 13.5. The largest absolute Gasteiger partial charge is 0.383 e. The topological polar surface area (TPSA) is 64.3 Å². The van der Waals surface area contributed by atoms with E-state index in [1.807, 2.05) is 6.20 Å². The third kappa shape index (κ3) is 3.65. The molecule has 1 heterocycles. The van der Waals surface area contributed by atoms with Crippen LogP contribution in [0, 0.1) is 0 Å². The van der Waals surface area contributed by atoms with Crippen LogP contribution in [0.3, 0.4) is 0 Å². The lowest BCUT2D eigenvalue weighted by atomic mass is 10.2. The number of hydrogen-bond donors (Lipinski definition) is 1. The average molecular weight is 252 g/mol. The van der Waals surface area contributed by atoms with E-state index in [9.17, 15) is 0 Å². The quantitative estimate of drug-likeness (QED) is 0.797. The lowest BCUT2D eigenvalue weighted by molar-refractivity contribution is 0.205. The van der Waals surface area contributed by atoms with Crippen LogP contribution >= 0.6 is 0 Å². The highest BCUT2D eigenvalue weighted by Crippen LogP contribution is 2.19. The summed E-state index contributed by atoms with van der Waals surface area (Å²) in [5.74, 6) is 1.17. The van der Waals surface area contributed by atoms with E-state index in [0.717, 1.165) is 30.3 Å². The molecular formula is C13H24N4O. The molecule has 18 heavy (non-hydrogen) atoms. The fourth-order valence-electron chi connectivity index (χ4n) is 1.77. The van der Waals surface area contributed by atoms with Crippen molar-refractivity contribution in [2.45, 2.75) is 33.2 Å². The van der Waals surface area contributed by atoms with Crippen LogP contribution in [-0.2, 0) is 11.3 Å². The van der Waals surface area contributed by atoms with E-state index in [2.05, 4.69) is 35.6 Å². The molecule has 5 heteroatoms. The average Bonchev–Trinajstić information content (AvgIpc) is 2.39. The summed E-state index contributed by atoms with van der Waals surface area (Å²) in [5, 5.41) is 0. The second kappa shape index (κ2) is 7.28. The predicted molar refractivity (Wildman–Crippen MR) is 73.8 cm³/mol. The molecule has 5 nitrogen and oxygen atoms in total. The Bertz CT molecular complexity index is 368. The molecule has 1 aromatic rings. The van der Waals surface area contributed by atoms with Crippen molar-refractivity contribution in [2.75, 3.05) is 31.7 Å².